The number of hydrogen-bond donors (Lipinski definition) is 1. The minimum absolute atomic E-state index is 0.296. The molecule has 15 heavy (non-hydrogen) atoms. The Morgan fingerprint density at radius 1 is 1.47 bits per heavy atom. The Hall–Kier alpha value is -0.610. The second-order valence-corrected chi connectivity index (χ2v) is 3.97. The molecule has 0 aliphatic rings. The Morgan fingerprint density at radius 2 is 2.20 bits per heavy atom. The van der Waals surface area contributed by atoms with Crippen molar-refractivity contribution in [3.05, 3.63) is 28.0 Å². The molecule has 2 N–H and O–H groups in total. The standard InChI is InChI=1S/C11H15BrFNO/c1-2-15-11-8(4-3-7-14)5-6-9(13)10(11)12/h5-6H,2-4,7,14H2,1H3. The summed E-state index contributed by atoms with van der Waals surface area (Å²) in [6.45, 7) is 3.03. The Morgan fingerprint density at radius 3 is 2.80 bits per heavy atom. The van der Waals surface area contributed by atoms with E-state index in [2.05, 4.69) is 15.9 Å². The highest BCUT2D eigenvalue weighted by molar-refractivity contribution is 9.10. The first-order chi connectivity index (χ1) is 7.20. The second kappa shape index (κ2) is 6.08. The first kappa shape index (κ1) is 12.5. The fraction of sp³-hybridized carbons (Fsp3) is 0.455. The summed E-state index contributed by atoms with van der Waals surface area (Å²) in [5.41, 5.74) is 6.44. The lowest BCUT2D eigenvalue weighted by atomic mass is 10.1. The molecular formula is C11H15BrFNO. The monoisotopic (exact) mass is 275 g/mol. The van der Waals surface area contributed by atoms with Gasteiger partial charge in [-0.15, -0.1) is 0 Å². The van der Waals surface area contributed by atoms with Gasteiger partial charge in [-0.3, -0.25) is 0 Å². The number of rotatable bonds is 5. The van der Waals surface area contributed by atoms with Gasteiger partial charge in [0, 0.05) is 0 Å². The van der Waals surface area contributed by atoms with Crippen molar-refractivity contribution in [1.82, 2.24) is 0 Å². The topological polar surface area (TPSA) is 35.2 Å². The van der Waals surface area contributed by atoms with Crippen LogP contribution in [0.4, 0.5) is 4.39 Å². The van der Waals surface area contributed by atoms with Crippen molar-refractivity contribution in [3.63, 3.8) is 0 Å². The summed E-state index contributed by atoms with van der Waals surface area (Å²) in [7, 11) is 0. The largest absolute Gasteiger partial charge is 0.492 e. The van der Waals surface area contributed by atoms with E-state index in [0.717, 1.165) is 18.4 Å². The molecule has 0 unspecified atom stereocenters. The zero-order valence-corrected chi connectivity index (χ0v) is 10.3. The first-order valence-electron chi connectivity index (χ1n) is 5.00. The smallest absolute Gasteiger partial charge is 0.141 e. The highest BCUT2D eigenvalue weighted by Crippen LogP contribution is 2.32. The van der Waals surface area contributed by atoms with E-state index in [1.807, 2.05) is 6.92 Å². The van der Waals surface area contributed by atoms with Crippen LogP contribution in [0.2, 0.25) is 0 Å². The van der Waals surface area contributed by atoms with Crippen LogP contribution in [0.25, 0.3) is 0 Å². The van der Waals surface area contributed by atoms with Gasteiger partial charge in [0.1, 0.15) is 11.6 Å². The summed E-state index contributed by atoms with van der Waals surface area (Å²) in [5, 5.41) is 0. The van der Waals surface area contributed by atoms with Crippen LogP contribution in [0.1, 0.15) is 18.9 Å². The Balaban J connectivity index is 2.97. The Bertz CT molecular complexity index is 331. The van der Waals surface area contributed by atoms with Crippen LogP contribution >= 0.6 is 15.9 Å². The molecule has 0 aliphatic carbocycles. The molecule has 4 heteroatoms. The zero-order chi connectivity index (χ0) is 11.3. The number of ether oxygens (including phenoxy) is 1. The fourth-order valence-corrected chi connectivity index (χ4v) is 1.86. The quantitative estimate of drug-likeness (QED) is 0.897. The minimum atomic E-state index is -0.296. The van der Waals surface area contributed by atoms with Gasteiger partial charge in [-0.1, -0.05) is 6.07 Å². The van der Waals surface area contributed by atoms with Crippen molar-refractivity contribution in [3.8, 4) is 5.75 Å². The van der Waals surface area contributed by atoms with Crippen molar-refractivity contribution in [2.75, 3.05) is 13.2 Å². The Kier molecular flexibility index (Phi) is 5.05. The van der Waals surface area contributed by atoms with E-state index in [1.165, 1.54) is 6.07 Å². The lowest BCUT2D eigenvalue weighted by Crippen LogP contribution is -2.03. The van der Waals surface area contributed by atoms with Crippen molar-refractivity contribution < 1.29 is 9.13 Å². The van der Waals surface area contributed by atoms with E-state index in [1.54, 1.807) is 6.07 Å². The number of aryl methyl sites for hydroxylation is 1. The fourth-order valence-electron chi connectivity index (χ4n) is 1.36. The maximum Gasteiger partial charge on any atom is 0.141 e. The van der Waals surface area contributed by atoms with E-state index < -0.39 is 0 Å². The molecule has 0 saturated carbocycles. The molecule has 0 fully saturated rings. The maximum atomic E-state index is 13.3. The third-order valence-electron chi connectivity index (χ3n) is 2.07. The van der Waals surface area contributed by atoms with Crippen LogP contribution in [0.3, 0.4) is 0 Å². The average Bonchev–Trinajstić information content (AvgIpc) is 2.24. The summed E-state index contributed by atoms with van der Waals surface area (Å²) in [4.78, 5) is 0. The molecule has 0 radical (unpaired) electrons. The van der Waals surface area contributed by atoms with Crippen molar-refractivity contribution >= 4 is 15.9 Å². The summed E-state index contributed by atoms with van der Waals surface area (Å²) in [5.74, 6) is 0.306. The van der Waals surface area contributed by atoms with Gasteiger partial charge in [0.2, 0.25) is 0 Å². The van der Waals surface area contributed by atoms with Crippen LogP contribution in [-0.4, -0.2) is 13.2 Å². The molecule has 0 heterocycles. The molecule has 0 aromatic heterocycles. The average molecular weight is 276 g/mol. The van der Waals surface area contributed by atoms with Crippen LogP contribution < -0.4 is 10.5 Å². The van der Waals surface area contributed by atoms with Crippen molar-refractivity contribution in [1.29, 1.82) is 0 Å². The van der Waals surface area contributed by atoms with Gasteiger partial charge >= 0.3 is 0 Å². The zero-order valence-electron chi connectivity index (χ0n) is 8.72. The van der Waals surface area contributed by atoms with Crippen LogP contribution in [-0.2, 0) is 6.42 Å². The second-order valence-electron chi connectivity index (χ2n) is 3.17. The molecule has 1 aromatic rings. The summed E-state index contributed by atoms with van der Waals surface area (Å²) in [6, 6.07) is 3.19. The molecule has 1 rings (SSSR count). The minimum Gasteiger partial charge on any atom is -0.492 e. The van der Waals surface area contributed by atoms with Gasteiger partial charge in [-0.05, 0) is 53.9 Å². The first-order valence-corrected chi connectivity index (χ1v) is 5.79. The lowest BCUT2D eigenvalue weighted by Gasteiger charge is -2.12. The molecule has 0 spiro atoms. The molecule has 0 saturated heterocycles. The SMILES string of the molecule is CCOc1c(CCCN)ccc(F)c1Br. The highest BCUT2D eigenvalue weighted by atomic mass is 79.9. The predicted octanol–water partition coefficient (Wildman–Crippen LogP) is 2.88. The predicted molar refractivity (Wildman–Crippen MR) is 62.6 cm³/mol. The summed E-state index contributed by atoms with van der Waals surface area (Å²) < 4.78 is 19.1. The van der Waals surface area contributed by atoms with Crippen molar-refractivity contribution in [2.45, 2.75) is 19.8 Å². The van der Waals surface area contributed by atoms with Gasteiger partial charge in [0.15, 0.2) is 0 Å². The van der Waals surface area contributed by atoms with Gasteiger partial charge in [-0.2, -0.15) is 0 Å². The normalized spacial score (nSPS) is 10.4. The number of halogens is 2. The molecule has 84 valence electrons. The molecule has 0 amide bonds. The molecule has 0 bridgehead atoms. The van der Waals surface area contributed by atoms with E-state index >= 15 is 0 Å². The third kappa shape index (κ3) is 3.18. The molecule has 0 atom stereocenters. The van der Waals surface area contributed by atoms with Crippen LogP contribution in [0.15, 0.2) is 16.6 Å². The van der Waals surface area contributed by atoms with E-state index in [-0.39, 0.29) is 5.82 Å². The van der Waals surface area contributed by atoms with Gasteiger partial charge in [-0.25, -0.2) is 4.39 Å². The van der Waals surface area contributed by atoms with Gasteiger partial charge in [0.25, 0.3) is 0 Å². The summed E-state index contributed by atoms with van der Waals surface area (Å²) >= 11 is 3.19. The van der Waals surface area contributed by atoms with Crippen molar-refractivity contribution in [2.24, 2.45) is 5.73 Å². The van der Waals surface area contributed by atoms with E-state index in [9.17, 15) is 4.39 Å². The number of benzene rings is 1. The Labute approximate surface area is 97.7 Å². The van der Waals surface area contributed by atoms with Crippen LogP contribution in [0, 0.1) is 5.82 Å². The highest BCUT2D eigenvalue weighted by Gasteiger charge is 2.11. The van der Waals surface area contributed by atoms with E-state index in [4.69, 9.17) is 10.5 Å². The van der Waals surface area contributed by atoms with Gasteiger partial charge < -0.3 is 10.5 Å². The third-order valence-corrected chi connectivity index (χ3v) is 2.81. The molecule has 0 aliphatic heterocycles. The lowest BCUT2D eigenvalue weighted by molar-refractivity contribution is 0.331. The van der Waals surface area contributed by atoms with E-state index in [0.29, 0.717) is 23.4 Å². The maximum absolute atomic E-state index is 13.3. The van der Waals surface area contributed by atoms with Gasteiger partial charge in [0.05, 0.1) is 11.1 Å². The number of nitrogens with two attached hydrogens (primary N) is 1. The number of hydrogen-bond acceptors (Lipinski definition) is 2. The summed E-state index contributed by atoms with van der Waals surface area (Å²) in [6.07, 6.45) is 1.68. The molecule has 2 nitrogen and oxygen atoms in total. The molecule has 1 aromatic carbocycles. The molecular weight excluding hydrogens is 261 g/mol. The van der Waals surface area contributed by atoms with Crippen LogP contribution in [0.5, 0.6) is 5.75 Å².